The van der Waals surface area contributed by atoms with E-state index in [1.54, 1.807) is 6.92 Å². The summed E-state index contributed by atoms with van der Waals surface area (Å²) >= 11 is 0. The topological polar surface area (TPSA) is 65.3 Å². The molecule has 5 nitrogen and oxygen atoms in total. The van der Waals surface area contributed by atoms with Crippen LogP contribution in [0.25, 0.3) is 11.1 Å². The van der Waals surface area contributed by atoms with Gasteiger partial charge in [-0.3, -0.25) is 15.1 Å². The van der Waals surface area contributed by atoms with Crippen LogP contribution in [0.15, 0.2) is 60.8 Å². The Morgan fingerprint density at radius 1 is 1.00 bits per heavy atom. The molecule has 0 saturated carbocycles. The van der Waals surface area contributed by atoms with Crippen LogP contribution in [-0.2, 0) is 5.92 Å². The average Bonchev–Trinajstić information content (AvgIpc) is 2.72. The molecule has 0 spiro atoms. The van der Waals surface area contributed by atoms with E-state index in [1.165, 1.54) is 24.3 Å². The van der Waals surface area contributed by atoms with Gasteiger partial charge in [-0.2, -0.15) is 8.78 Å². The molecule has 0 aliphatic rings. The van der Waals surface area contributed by atoms with Gasteiger partial charge in [-0.05, 0) is 42.3 Å². The lowest BCUT2D eigenvalue weighted by Gasteiger charge is -2.24. The standard InChI is InChI=1S/C22H16F6N2O3/c1-13-2-8-17(19(23)10-13)18(12-30(31)32)21(24,25)20-9-5-15(11-29-20)14-3-6-16(7-4-14)33-22(26,27)28/h2-11,18H,12H2,1H3. The number of aryl methyl sites for hydroxylation is 1. The van der Waals surface area contributed by atoms with Gasteiger partial charge < -0.3 is 4.74 Å². The molecule has 0 saturated heterocycles. The van der Waals surface area contributed by atoms with Crippen molar-refractivity contribution in [3.05, 3.63) is 93.5 Å². The van der Waals surface area contributed by atoms with Crippen LogP contribution in [0.5, 0.6) is 5.75 Å². The van der Waals surface area contributed by atoms with E-state index in [0.717, 1.165) is 36.5 Å². The second kappa shape index (κ2) is 9.08. The zero-order valence-corrected chi connectivity index (χ0v) is 16.9. The largest absolute Gasteiger partial charge is 0.573 e. The van der Waals surface area contributed by atoms with E-state index in [9.17, 15) is 27.7 Å². The van der Waals surface area contributed by atoms with E-state index < -0.39 is 52.5 Å². The molecular weight excluding hydrogens is 454 g/mol. The summed E-state index contributed by atoms with van der Waals surface area (Å²) in [6, 6.07) is 10.3. The molecule has 1 aromatic heterocycles. The van der Waals surface area contributed by atoms with Crippen LogP contribution in [0, 0.1) is 22.9 Å². The number of halogens is 6. The maximum Gasteiger partial charge on any atom is 0.573 e. The summed E-state index contributed by atoms with van der Waals surface area (Å²) in [5.41, 5.74) is -0.171. The van der Waals surface area contributed by atoms with Gasteiger partial charge in [-0.25, -0.2) is 4.39 Å². The SMILES string of the molecule is Cc1ccc(C(C[N+](=O)[O-])C(F)(F)c2ccc(-c3ccc(OC(F)(F)F)cc3)cn2)c(F)c1. The molecule has 11 heteroatoms. The summed E-state index contributed by atoms with van der Waals surface area (Å²) < 4.78 is 85.4. The summed E-state index contributed by atoms with van der Waals surface area (Å²) in [6.07, 6.45) is -3.80. The number of hydrogen-bond acceptors (Lipinski definition) is 4. The predicted octanol–water partition coefficient (Wildman–Crippen LogP) is 6.25. The Labute approximate surface area is 183 Å². The molecule has 1 heterocycles. The molecule has 0 aliphatic heterocycles. The Hall–Kier alpha value is -3.63. The van der Waals surface area contributed by atoms with E-state index in [4.69, 9.17) is 0 Å². The zero-order valence-electron chi connectivity index (χ0n) is 16.9. The van der Waals surface area contributed by atoms with Gasteiger partial charge in [0.2, 0.25) is 6.54 Å². The van der Waals surface area contributed by atoms with E-state index >= 15 is 8.78 Å². The Kier molecular flexibility index (Phi) is 6.61. The molecule has 1 atom stereocenters. The lowest BCUT2D eigenvalue weighted by atomic mass is 9.89. The van der Waals surface area contributed by atoms with Crippen molar-refractivity contribution >= 4 is 0 Å². The molecule has 0 bridgehead atoms. The van der Waals surface area contributed by atoms with Crippen molar-refractivity contribution in [3.8, 4) is 16.9 Å². The van der Waals surface area contributed by atoms with Crippen LogP contribution in [0.1, 0.15) is 22.7 Å². The third-order valence-corrected chi connectivity index (χ3v) is 4.83. The fraction of sp³-hybridized carbons (Fsp3) is 0.227. The number of aromatic nitrogens is 1. The van der Waals surface area contributed by atoms with Crippen LogP contribution >= 0.6 is 0 Å². The van der Waals surface area contributed by atoms with Crippen molar-refractivity contribution < 1.29 is 36.0 Å². The third kappa shape index (κ3) is 5.79. The summed E-state index contributed by atoms with van der Waals surface area (Å²) in [4.78, 5) is 13.8. The lowest BCUT2D eigenvalue weighted by molar-refractivity contribution is -0.488. The number of ether oxygens (including phenoxy) is 1. The Morgan fingerprint density at radius 3 is 2.15 bits per heavy atom. The number of nitrogens with zero attached hydrogens (tertiary/aromatic N) is 2. The second-order valence-electron chi connectivity index (χ2n) is 7.22. The molecule has 2 aromatic carbocycles. The van der Waals surface area contributed by atoms with Crippen LogP contribution < -0.4 is 4.74 Å². The summed E-state index contributed by atoms with van der Waals surface area (Å²) in [6.45, 7) is 0.326. The minimum Gasteiger partial charge on any atom is -0.406 e. The van der Waals surface area contributed by atoms with E-state index in [-0.39, 0.29) is 0 Å². The lowest BCUT2D eigenvalue weighted by Crippen LogP contribution is -2.31. The van der Waals surface area contributed by atoms with Gasteiger partial charge in [0.1, 0.15) is 23.2 Å². The maximum absolute atomic E-state index is 15.2. The van der Waals surface area contributed by atoms with Crippen LogP contribution in [-0.4, -0.2) is 22.8 Å². The van der Waals surface area contributed by atoms with E-state index in [0.29, 0.717) is 16.7 Å². The zero-order chi connectivity index (χ0) is 24.4. The summed E-state index contributed by atoms with van der Waals surface area (Å²) in [7, 11) is 0. The minimum absolute atomic E-state index is 0.306. The van der Waals surface area contributed by atoms with Gasteiger partial charge in [0.05, 0.1) is 0 Å². The van der Waals surface area contributed by atoms with Crippen LogP contribution in [0.3, 0.4) is 0 Å². The maximum atomic E-state index is 15.2. The number of benzene rings is 2. The minimum atomic E-state index is -4.85. The monoisotopic (exact) mass is 470 g/mol. The van der Waals surface area contributed by atoms with Gasteiger partial charge in [-0.15, -0.1) is 13.2 Å². The van der Waals surface area contributed by atoms with Crippen LogP contribution in [0.2, 0.25) is 0 Å². The molecule has 3 aromatic rings. The molecule has 0 N–H and O–H groups in total. The molecule has 1 unspecified atom stereocenters. The second-order valence-corrected chi connectivity index (χ2v) is 7.22. The highest BCUT2D eigenvalue weighted by atomic mass is 19.4. The van der Waals surface area contributed by atoms with Gasteiger partial charge in [0.25, 0.3) is 0 Å². The summed E-state index contributed by atoms with van der Waals surface area (Å²) in [5, 5.41) is 11.0. The number of pyridine rings is 1. The van der Waals surface area contributed by atoms with E-state index in [2.05, 4.69) is 9.72 Å². The Balaban J connectivity index is 1.90. The molecule has 0 aliphatic carbocycles. The quantitative estimate of drug-likeness (QED) is 0.233. The molecule has 0 radical (unpaired) electrons. The predicted molar refractivity (Wildman–Crippen MR) is 106 cm³/mol. The molecule has 0 fully saturated rings. The van der Waals surface area contributed by atoms with Gasteiger partial charge in [0, 0.05) is 22.2 Å². The smallest absolute Gasteiger partial charge is 0.406 e. The van der Waals surface area contributed by atoms with Crippen LogP contribution in [0.4, 0.5) is 26.3 Å². The fourth-order valence-corrected chi connectivity index (χ4v) is 3.26. The van der Waals surface area contributed by atoms with Crippen molar-refractivity contribution in [2.45, 2.75) is 25.1 Å². The molecule has 174 valence electrons. The van der Waals surface area contributed by atoms with Gasteiger partial charge in [0.15, 0.2) is 0 Å². The van der Waals surface area contributed by atoms with E-state index in [1.807, 2.05) is 0 Å². The number of hydrogen-bond donors (Lipinski definition) is 0. The first-order valence-electron chi connectivity index (χ1n) is 9.45. The Morgan fingerprint density at radius 2 is 1.64 bits per heavy atom. The molecule has 0 amide bonds. The molecule has 33 heavy (non-hydrogen) atoms. The highest BCUT2D eigenvalue weighted by Gasteiger charge is 2.47. The number of rotatable bonds is 7. The van der Waals surface area contributed by atoms with Crippen molar-refractivity contribution in [2.75, 3.05) is 6.54 Å². The first-order valence-corrected chi connectivity index (χ1v) is 9.45. The Bertz CT molecular complexity index is 1130. The van der Waals surface area contributed by atoms with Crippen molar-refractivity contribution in [1.29, 1.82) is 0 Å². The van der Waals surface area contributed by atoms with Crippen molar-refractivity contribution in [1.82, 2.24) is 4.98 Å². The van der Waals surface area contributed by atoms with Gasteiger partial charge in [-0.1, -0.05) is 30.3 Å². The summed E-state index contributed by atoms with van der Waals surface area (Å²) in [5.74, 6) is -7.43. The normalized spacial score (nSPS) is 12.9. The van der Waals surface area contributed by atoms with Crippen molar-refractivity contribution in [3.63, 3.8) is 0 Å². The third-order valence-electron chi connectivity index (χ3n) is 4.83. The average molecular weight is 470 g/mol. The first-order chi connectivity index (χ1) is 15.4. The fourth-order valence-electron chi connectivity index (χ4n) is 3.26. The highest BCUT2D eigenvalue weighted by molar-refractivity contribution is 5.63. The molecular formula is C22H16F6N2O3. The number of nitro groups is 1. The first kappa shape index (κ1) is 24.0. The number of alkyl halides is 5. The van der Waals surface area contributed by atoms with Gasteiger partial charge >= 0.3 is 12.3 Å². The highest BCUT2D eigenvalue weighted by Crippen LogP contribution is 2.42. The molecule has 3 rings (SSSR count). The van der Waals surface area contributed by atoms with Crippen molar-refractivity contribution in [2.24, 2.45) is 0 Å².